The van der Waals surface area contributed by atoms with Crippen molar-refractivity contribution in [3.8, 4) is 34.8 Å². The molecule has 0 saturated heterocycles. The molecule has 2 aromatic rings. The second-order valence-corrected chi connectivity index (χ2v) is 10.7. The number of Topliss-reactive ketones (excluding diaryl/α,β-unsaturated/α-hetero) is 2. The van der Waals surface area contributed by atoms with Gasteiger partial charge in [-0.15, -0.1) is 0 Å². The molecule has 0 aliphatic carbocycles. The molecule has 0 aliphatic heterocycles. The van der Waals surface area contributed by atoms with E-state index in [1.165, 1.54) is 73.4 Å². The first-order valence-electron chi connectivity index (χ1n) is 15.8. The van der Waals surface area contributed by atoms with Gasteiger partial charge in [0.1, 0.15) is 11.1 Å². The molecule has 0 spiro atoms. The third-order valence-electron chi connectivity index (χ3n) is 7.36. The highest BCUT2D eigenvalue weighted by Crippen LogP contribution is 2.36. The second kappa shape index (κ2) is 21.7. The molecule has 4 N–H and O–H groups in total. The number of unbranched alkanes of at least 4 members (excludes halogenated alkanes) is 11. The second-order valence-electron chi connectivity index (χ2n) is 10.7. The van der Waals surface area contributed by atoms with Gasteiger partial charge in [-0.05, 0) is 12.8 Å². The number of hydrogen-bond donors (Lipinski definition) is 4. The molecular formula is C33H52N2O10. The molecule has 0 saturated carbocycles. The smallest absolute Gasteiger partial charge is 0.265 e. The average molecular weight is 637 g/mol. The summed E-state index contributed by atoms with van der Waals surface area (Å²) in [6.07, 6.45) is 14.7. The van der Waals surface area contributed by atoms with Crippen LogP contribution >= 0.6 is 0 Å². The minimum Gasteiger partial charge on any atom is -0.503 e. The third kappa shape index (κ3) is 12.2. The van der Waals surface area contributed by atoms with Crippen LogP contribution in [0, 0.1) is 0 Å². The summed E-state index contributed by atoms with van der Waals surface area (Å²) in [5.41, 5.74) is -1.85. The topological polar surface area (TPSA) is 177 Å². The molecule has 0 amide bonds. The number of nitrogens with one attached hydrogen (secondary N) is 2. The van der Waals surface area contributed by atoms with Crippen molar-refractivity contribution in [1.29, 1.82) is 0 Å². The molecule has 2 aromatic heterocycles. The van der Waals surface area contributed by atoms with Crippen molar-refractivity contribution in [3.63, 3.8) is 0 Å². The number of aromatic amines is 2. The van der Waals surface area contributed by atoms with Gasteiger partial charge in [0.15, 0.2) is 23.1 Å². The first-order chi connectivity index (χ1) is 21.6. The van der Waals surface area contributed by atoms with Crippen molar-refractivity contribution in [3.05, 3.63) is 31.8 Å². The van der Waals surface area contributed by atoms with Gasteiger partial charge >= 0.3 is 0 Å². The van der Waals surface area contributed by atoms with E-state index in [2.05, 4.69) is 16.9 Å². The lowest BCUT2D eigenvalue weighted by molar-refractivity contribution is 0.0965. The molecule has 0 fully saturated rings. The number of rotatable bonds is 21. The van der Waals surface area contributed by atoms with Crippen LogP contribution in [0.2, 0.25) is 0 Å². The molecule has 45 heavy (non-hydrogen) atoms. The molecule has 0 aromatic carbocycles. The summed E-state index contributed by atoms with van der Waals surface area (Å²) >= 11 is 0. The summed E-state index contributed by atoms with van der Waals surface area (Å²) in [7, 11) is 5.34. The maximum Gasteiger partial charge on any atom is 0.265 e. The fraction of sp³-hybridized carbons (Fsp3) is 0.636. The number of carbonyl (C=O) groups is 2. The number of H-pyrrole nitrogens is 2. The summed E-state index contributed by atoms with van der Waals surface area (Å²) in [4.78, 5) is 52.9. The Hall–Kier alpha value is -3.96. The molecule has 0 radical (unpaired) electrons. The highest BCUT2D eigenvalue weighted by atomic mass is 16.5. The summed E-state index contributed by atoms with van der Waals surface area (Å²) in [5.74, 6) is -1.76. The summed E-state index contributed by atoms with van der Waals surface area (Å²) < 4.78 is 19.8. The van der Waals surface area contributed by atoms with Gasteiger partial charge in [0, 0.05) is 12.8 Å². The van der Waals surface area contributed by atoms with E-state index in [0.29, 0.717) is 12.8 Å². The number of ketones is 2. The first-order valence-corrected chi connectivity index (χ1v) is 15.8. The number of aromatic hydroxyl groups is 2. The van der Waals surface area contributed by atoms with Gasteiger partial charge in [-0.3, -0.25) is 29.1 Å². The lowest BCUT2D eigenvalue weighted by atomic mass is 10.0. The molecule has 0 unspecified atom stereocenters. The molecule has 0 aliphatic rings. The van der Waals surface area contributed by atoms with Crippen molar-refractivity contribution < 1.29 is 38.7 Å². The quantitative estimate of drug-likeness (QED) is 0.0879. The lowest BCUT2D eigenvalue weighted by Crippen LogP contribution is -2.19. The highest BCUT2D eigenvalue weighted by Gasteiger charge is 2.24. The monoisotopic (exact) mass is 636 g/mol. The Morgan fingerprint density at radius 2 is 0.844 bits per heavy atom. The van der Waals surface area contributed by atoms with Crippen molar-refractivity contribution >= 4 is 11.6 Å². The number of hydrogen-bond acceptors (Lipinski definition) is 10. The van der Waals surface area contributed by atoms with Crippen LogP contribution in [0.15, 0.2) is 9.59 Å². The number of methoxy groups -OCH3 is 4. The predicted octanol–water partition coefficient (Wildman–Crippen LogP) is 6.45. The van der Waals surface area contributed by atoms with Gasteiger partial charge in [0.25, 0.3) is 11.1 Å². The van der Waals surface area contributed by atoms with E-state index in [-0.39, 0.29) is 53.0 Å². The Labute approximate surface area is 265 Å². The lowest BCUT2D eigenvalue weighted by Gasteiger charge is -2.11. The molecule has 254 valence electrons. The van der Waals surface area contributed by atoms with Crippen LogP contribution in [0.25, 0.3) is 0 Å². The number of pyridine rings is 2. The van der Waals surface area contributed by atoms with Crippen LogP contribution in [-0.4, -0.2) is 60.2 Å². The number of ether oxygens (including phenoxy) is 4. The van der Waals surface area contributed by atoms with Crippen LogP contribution < -0.4 is 30.1 Å². The Kier molecular flexibility index (Phi) is 18.8. The molecule has 2 heterocycles. The molecule has 12 heteroatoms. The van der Waals surface area contributed by atoms with Crippen LogP contribution in [0.5, 0.6) is 34.8 Å². The van der Waals surface area contributed by atoms with Crippen LogP contribution in [0.4, 0.5) is 0 Å². The van der Waals surface area contributed by atoms with E-state index < -0.39 is 28.4 Å². The molecule has 0 bridgehead atoms. The SMILES string of the molecule is CCCCCC(=O)c1c(O)c(OC)c(OC)[nH]c1=O.CCCCCCCCCCCCC(=O)c1c(O)c(OC)c(OC)[nH]c1=O. The number of aromatic nitrogens is 2. The molecular weight excluding hydrogens is 584 g/mol. The fourth-order valence-corrected chi connectivity index (χ4v) is 4.84. The van der Waals surface area contributed by atoms with Crippen molar-refractivity contribution in [2.45, 2.75) is 110 Å². The zero-order valence-corrected chi connectivity index (χ0v) is 27.8. The normalized spacial score (nSPS) is 10.5. The van der Waals surface area contributed by atoms with Gasteiger partial charge < -0.3 is 29.2 Å². The van der Waals surface area contributed by atoms with E-state index in [4.69, 9.17) is 18.9 Å². The Morgan fingerprint density at radius 1 is 0.533 bits per heavy atom. The highest BCUT2D eigenvalue weighted by molar-refractivity contribution is 5.99. The zero-order valence-electron chi connectivity index (χ0n) is 27.8. The third-order valence-corrected chi connectivity index (χ3v) is 7.36. The molecule has 2 rings (SSSR count). The Bertz CT molecular complexity index is 1320. The standard InChI is InChI=1S/C20H33NO5.C13H19NO5/c1-4-5-6-7-8-9-10-11-12-13-14-15(22)16-17(23)18(25-2)20(26-3)21-19(16)24;1-4-5-6-7-8(15)9-10(16)11(18-2)13(19-3)14-12(9)17/h4-14H2,1-3H3,(H2,21,23,24);4-7H2,1-3H3,(H2,14,16,17). The minimum atomic E-state index is -0.670. The average Bonchev–Trinajstić information content (AvgIpc) is 3.01. The van der Waals surface area contributed by atoms with Crippen molar-refractivity contribution in [1.82, 2.24) is 9.97 Å². The maximum atomic E-state index is 12.3. The van der Waals surface area contributed by atoms with Gasteiger partial charge in [0.05, 0.1) is 28.4 Å². The summed E-state index contributed by atoms with van der Waals surface area (Å²) in [6, 6.07) is 0. The van der Waals surface area contributed by atoms with E-state index in [1.54, 1.807) is 0 Å². The van der Waals surface area contributed by atoms with E-state index in [0.717, 1.165) is 25.7 Å². The van der Waals surface area contributed by atoms with E-state index in [9.17, 15) is 29.4 Å². The summed E-state index contributed by atoms with van der Waals surface area (Å²) in [5, 5.41) is 20.1. The van der Waals surface area contributed by atoms with Crippen molar-refractivity contribution in [2.75, 3.05) is 28.4 Å². The van der Waals surface area contributed by atoms with Gasteiger partial charge in [-0.25, -0.2) is 0 Å². The summed E-state index contributed by atoms with van der Waals surface area (Å²) in [6.45, 7) is 4.24. The Balaban J connectivity index is 0.000000472. The van der Waals surface area contributed by atoms with E-state index >= 15 is 0 Å². The van der Waals surface area contributed by atoms with Gasteiger partial charge in [-0.2, -0.15) is 0 Å². The molecule has 12 nitrogen and oxygen atoms in total. The van der Waals surface area contributed by atoms with Crippen LogP contribution in [0.1, 0.15) is 131 Å². The maximum absolute atomic E-state index is 12.3. The number of carbonyl (C=O) groups excluding carboxylic acids is 2. The first kappa shape index (κ1) is 39.1. The largest absolute Gasteiger partial charge is 0.503 e. The zero-order chi connectivity index (χ0) is 33.8. The van der Waals surface area contributed by atoms with Gasteiger partial charge in [-0.1, -0.05) is 84.5 Å². The fourth-order valence-electron chi connectivity index (χ4n) is 4.84. The van der Waals surface area contributed by atoms with Crippen LogP contribution in [0.3, 0.4) is 0 Å². The minimum absolute atomic E-state index is 0.00453. The van der Waals surface area contributed by atoms with E-state index in [1.807, 2.05) is 6.92 Å². The van der Waals surface area contributed by atoms with Crippen molar-refractivity contribution in [2.24, 2.45) is 0 Å². The van der Waals surface area contributed by atoms with Crippen LogP contribution in [-0.2, 0) is 0 Å². The van der Waals surface area contributed by atoms with Gasteiger partial charge in [0.2, 0.25) is 23.3 Å². The predicted molar refractivity (Wildman–Crippen MR) is 173 cm³/mol. The Morgan fingerprint density at radius 3 is 1.18 bits per heavy atom. The molecule has 0 atom stereocenters.